The van der Waals surface area contributed by atoms with E-state index in [1.54, 1.807) is 32.4 Å². The molecule has 2 aliphatic rings. The SMILES string of the molecule is CCN1CCN(c2ccc(N3CCN(C(=O)c4ccc(OC)c(OC)c4)CC3)nn2)CC1. The molecule has 2 aliphatic heterocycles. The van der Waals surface area contributed by atoms with Crippen LogP contribution in [0.15, 0.2) is 30.3 Å². The Labute approximate surface area is 189 Å². The Morgan fingerprint density at radius 3 is 1.88 bits per heavy atom. The Bertz CT molecular complexity index is 906. The number of ether oxygens (including phenoxy) is 2. The quantitative estimate of drug-likeness (QED) is 0.671. The monoisotopic (exact) mass is 440 g/mol. The third kappa shape index (κ3) is 4.72. The minimum absolute atomic E-state index is 0.00161. The smallest absolute Gasteiger partial charge is 0.254 e. The summed E-state index contributed by atoms with van der Waals surface area (Å²) in [5.41, 5.74) is 0.600. The van der Waals surface area contributed by atoms with Gasteiger partial charge < -0.3 is 29.1 Å². The summed E-state index contributed by atoms with van der Waals surface area (Å²) in [6.45, 7) is 10.1. The van der Waals surface area contributed by atoms with Gasteiger partial charge in [-0.05, 0) is 36.9 Å². The van der Waals surface area contributed by atoms with Crippen LogP contribution in [0.25, 0.3) is 0 Å². The molecule has 0 atom stereocenters. The molecule has 2 fully saturated rings. The number of carbonyl (C=O) groups is 1. The van der Waals surface area contributed by atoms with E-state index in [-0.39, 0.29) is 5.91 Å². The molecule has 0 N–H and O–H groups in total. The molecule has 4 rings (SSSR count). The molecule has 0 radical (unpaired) electrons. The Kier molecular flexibility index (Phi) is 6.94. The van der Waals surface area contributed by atoms with E-state index in [4.69, 9.17) is 9.47 Å². The maximum absolute atomic E-state index is 12.9. The molecular weight excluding hydrogens is 408 g/mol. The van der Waals surface area contributed by atoms with Crippen LogP contribution in [-0.4, -0.2) is 99.0 Å². The Balaban J connectivity index is 1.33. The van der Waals surface area contributed by atoms with E-state index < -0.39 is 0 Å². The number of hydrogen-bond acceptors (Lipinski definition) is 8. The predicted molar refractivity (Wildman–Crippen MR) is 124 cm³/mol. The van der Waals surface area contributed by atoms with E-state index in [2.05, 4.69) is 37.9 Å². The second kappa shape index (κ2) is 10.0. The standard InChI is InChI=1S/C23H32N6O3/c1-4-26-9-11-27(12-10-26)21-7-8-22(25-24-21)28-13-15-29(16-14-28)23(30)18-5-6-19(31-2)20(17-18)32-3/h5-8,17H,4,9-16H2,1-3H3. The van der Waals surface area contributed by atoms with Gasteiger partial charge >= 0.3 is 0 Å². The highest BCUT2D eigenvalue weighted by molar-refractivity contribution is 5.95. The maximum Gasteiger partial charge on any atom is 0.254 e. The van der Waals surface area contributed by atoms with Crippen molar-refractivity contribution in [3.63, 3.8) is 0 Å². The highest BCUT2D eigenvalue weighted by Gasteiger charge is 2.24. The fourth-order valence-electron chi connectivity index (χ4n) is 4.24. The number of methoxy groups -OCH3 is 2. The van der Waals surface area contributed by atoms with Crippen molar-refractivity contribution in [1.29, 1.82) is 0 Å². The first kappa shape index (κ1) is 22.1. The average molecular weight is 441 g/mol. The van der Waals surface area contributed by atoms with Crippen LogP contribution in [0.5, 0.6) is 11.5 Å². The van der Waals surface area contributed by atoms with E-state index in [0.29, 0.717) is 30.2 Å². The zero-order valence-electron chi connectivity index (χ0n) is 19.2. The second-order valence-corrected chi connectivity index (χ2v) is 8.02. The van der Waals surface area contributed by atoms with E-state index >= 15 is 0 Å². The molecule has 2 saturated heterocycles. The number of anilines is 2. The van der Waals surface area contributed by atoms with Gasteiger partial charge in [0.05, 0.1) is 14.2 Å². The number of piperazine rings is 2. The first-order valence-electron chi connectivity index (χ1n) is 11.2. The van der Waals surface area contributed by atoms with Crippen molar-refractivity contribution in [3.8, 4) is 11.5 Å². The number of benzene rings is 1. The largest absolute Gasteiger partial charge is 0.493 e. The van der Waals surface area contributed by atoms with Gasteiger partial charge in [0, 0.05) is 57.9 Å². The average Bonchev–Trinajstić information content (AvgIpc) is 2.88. The highest BCUT2D eigenvalue weighted by atomic mass is 16.5. The molecule has 1 aromatic heterocycles. The van der Waals surface area contributed by atoms with Crippen LogP contribution in [0.2, 0.25) is 0 Å². The summed E-state index contributed by atoms with van der Waals surface area (Å²) in [5, 5.41) is 8.95. The zero-order valence-corrected chi connectivity index (χ0v) is 19.2. The van der Waals surface area contributed by atoms with Gasteiger partial charge in [-0.15, -0.1) is 10.2 Å². The number of aromatic nitrogens is 2. The molecule has 3 heterocycles. The minimum atomic E-state index is -0.00161. The third-order valence-electron chi connectivity index (χ3n) is 6.30. The lowest BCUT2D eigenvalue weighted by Crippen LogP contribution is -2.49. The zero-order chi connectivity index (χ0) is 22.5. The van der Waals surface area contributed by atoms with Gasteiger partial charge in [-0.3, -0.25) is 4.79 Å². The van der Waals surface area contributed by atoms with Gasteiger partial charge in [-0.1, -0.05) is 6.92 Å². The number of hydrogen-bond donors (Lipinski definition) is 0. The van der Waals surface area contributed by atoms with Gasteiger partial charge in [0.2, 0.25) is 0 Å². The summed E-state index contributed by atoms with van der Waals surface area (Å²) < 4.78 is 10.6. The number of rotatable bonds is 6. The molecule has 9 nitrogen and oxygen atoms in total. The summed E-state index contributed by atoms with van der Waals surface area (Å²) in [4.78, 5) is 21.7. The summed E-state index contributed by atoms with van der Waals surface area (Å²) in [5.74, 6) is 2.97. The van der Waals surface area contributed by atoms with Crippen LogP contribution in [0, 0.1) is 0 Å². The predicted octanol–water partition coefficient (Wildman–Crippen LogP) is 1.60. The summed E-state index contributed by atoms with van der Waals surface area (Å²) >= 11 is 0. The van der Waals surface area contributed by atoms with Gasteiger partial charge in [0.1, 0.15) is 0 Å². The van der Waals surface area contributed by atoms with Crippen molar-refractivity contribution in [2.45, 2.75) is 6.92 Å². The van der Waals surface area contributed by atoms with Crippen LogP contribution in [0.1, 0.15) is 17.3 Å². The lowest BCUT2D eigenvalue weighted by molar-refractivity contribution is 0.0746. The third-order valence-corrected chi connectivity index (χ3v) is 6.30. The second-order valence-electron chi connectivity index (χ2n) is 8.02. The van der Waals surface area contributed by atoms with E-state index in [9.17, 15) is 4.79 Å². The Hall–Kier alpha value is -3.07. The van der Waals surface area contributed by atoms with Crippen LogP contribution in [0.3, 0.4) is 0 Å². The van der Waals surface area contributed by atoms with Crippen molar-refractivity contribution < 1.29 is 14.3 Å². The van der Waals surface area contributed by atoms with Crippen LogP contribution in [-0.2, 0) is 0 Å². The summed E-state index contributed by atoms with van der Waals surface area (Å²) in [6.07, 6.45) is 0. The lowest BCUT2D eigenvalue weighted by Gasteiger charge is -2.36. The van der Waals surface area contributed by atoms with Crippen LogP contribution in [0.4, 0.5) is 11.6 Å². The first-order valence-corrected chi connectivity index (χ1v) is 11.2. The highest BCUT2D eigenvalue weighted by Crippen LogP contribution is 2.28. The number of carbonyl (C=O) groups excluding carboxylic acids is 1. The topological polar surface area (TPSA) is 74.3 Å². The molecular formula is C23H32N6O3. The van der Waals surface area contributed by atoms with E-state index in [1.807, 2.05) is 11.0 Å². The molecule has 32 heavy (non-hydrogen) atoms. The van der Waals surface area contributed by atoms with Crippen LogP contribution >= 0.6 is 0 Å². The van der Waals surface area contributed by atoms with Gasteiger partial charge in [0.25, 0.3) is 5.91 Å². The normalized spacial score (nSPS) is 17.4. The van der Waals surface area contributed by atoms with Crippen molar-refractivity contribution in [3.05, 3.63) is 35.9 Å². The Morgan fingerprint density at radius 1 is 0.812 bits per heavy atom. The fraction of sp³-hybridized carbons (Fsp3) is 0.522. The minimum Gasteiger partial charge on any atom is -0.493 e. The first-order chi connectivity index (χ1) is 15.6. The number of nitrogens with zero attached hydrogens (tertiary/aromatic N) is 6. The van der Waals surface area contributed by atoms with Crippen molar-refractivity contribution in [2.75, 3.05) is 82.9 Å². The maximum atomic E-state index is 12.9. The number of likely N-dealkylation sites (N-methyl/N-ethyl adjacent to an activating group) is 1. The van der Waals surface area contributed by atoms with Crippen molar-refractivity contribution >= 4 is 17.5 Å². The van der Waals surface area contributed by atoms with E-state index in [1.165, 1.54) is 0 Å². The molecule has 0 bridgehead atoms. The molecule has 2 aromatic rings. The number of amides is 1. The Morgan fingerprint density at radius 2 is 1.38 bits per heavy atom. The molecule has 0 aliphatic carbocycles. The molecule has 9 heteroatoms. The molecule has 1 amide bonds. The molecule has 0 saturated carbocycles. The summed E-state index contributed by atoms with van der Waals surface area (Å²) in [6, 6.07) is 9.38. The van der Waals surface area contributed by atoms with Gasteiger partial charge in [0.15, 0.2) is 23.1 Å². The van der Waals surface area contributed by atoms with Crippen LogP contribution < -0.4 is 19.3 Å². The van der Waals surface area contributed by atoms with Gasteiger partial charge in [-0.2, -0.15) is 0 Å². The molecule has 1 aromatic carbocycles. The fourth-order valence-corrected chi connectivity index (χ4v) is 4.24. The van der Waals surface area contributed by atoms with Crippen molar-refractivity contribution in [2.24, 2.45) is 0 Å². The van der Waals surface area contributed by atoms with E-state index in [0.717, 1.165) is 57.4 Å². The lowest BCUT2D eigenvalue weighted by atomic mass is 10.1. The summed E-state index contributed by atoms with van der Waals surface area (Å²) in [7, 11) is 3.16. The molecule has 0 unspecified atom stereocenters. The van der Waals surface area contributed by atoms with Gasteiger partial charge in [-0.25, -0.2) is 0 Å². The molecule has 0 spiro atoms. The van der Waals surface area contributed by atoms with Crippen molar-refractivity contribution in [1.82, 2.24) is 20.0 Å². The molecule has 172 valence electrons.